The van der Waals surface area contributed by atoms with E-state index >= 15 is 0 Å². The van der Waals surface area contributed by atoms with Crippen molar-refractivity contribution in [1.29, 1.82) is 0 Å². The van der Waals surface area contributed by atoms with Crippen molar-refractivity contribution in [3.8, 4) is 0 Å². The number of nitrogens with one attached hydrogen (secondary N) is 1. The van der Waals surface area contributed by atoms with E-state index < -0.39 is 40.2 Å². The molecule has 3 aromatic rings. The lowest BCUT2D eigenvalue weighted by Gasteiger charge is -2.34. The predicted octanol–water partition coefficient (Wildman–Crippen LogP) is 5.74. The van der Waals surface area contributed by atoms with Crippen LogP contribution in [-0.4, -0.2) is 50.0 Å². The number of halogens is 4. The lowest BCUT2D eigenvalue weighted by atomic mass is 10.0. The summed E-state index contributed by atoms with van der Waals surface area (Å²) in [6.07, 6.45) is 4.60. The zero-order valence-electron chi connectivity index (χ0n) is 22.9. The fourth-order valence-electron chi connectivity index (χ4n) is 5.01. The number of carbonyl (C=O) groups excluding carboxylic acids is 2. The molecule has 1 saturated carbocycles. The van der Waals surface area contributed by atoms with Gasteiger partial charge in [0.2, 0.25) is 21.8 Å². The van der Waals surface area contributed by atoms with E-state index in [2.05, 4.69) is 5.32 Å². The summed E-state index contributed by atoms with van der Waals surface area (Å²) in [6, 6.07) is 15.3. The van der Waals surface area contributed by atoms with E-state index in [4.69, 9.17) is 23.2 Å². The number of sulfonamides is 1. The Morgan fingerprint density at radius 3 is 2.29 bits per heavy atom. The minimum atomic E-state index is -4.13. The Hall–Kier alpha value is -3.21. The highest BCUT2D eigenvalue weighted by Gasteiger charge is 2.34. The van der Waals surface area contributed by atoms with Crippen molar-refractivity contribution in [2.75, 3.05) is 17.1 Å². The van der Waals surface area contributed by atoms with Crippen LogP contribution >= 0.6 is 23.2 Å². The largest absolute Gasteiger partial charge is 0.352 e. The Morgan fingerprint density at radius 1 is 0.976 bits per heavy atom. The van der Waals surface area contributed by atoms with Crippen LogP contribution in [-0.2, 0) is 32.6 Å². The third kappa shape index (κ3) is 8.20. The van der Waals surface area contributed by atoms with Gasteiger partial charge in [-0.05, 0) is 48.2 Å². The summed E-state index contributed by atoms with van der Waals surface area (Å²) < 4.78 is 54.0. The van der Waals surface area contributed by atoms with Crippen LogP contribution in [0.25, 0.3) is 0 Å². The van der Waals surface area contributed by atoms with Crippen LogP contribution in [0.4, 0.5) is 14.5 Å². The SMILES string of the molecule is CS(=O)(=O)N(CC(=O)N(Cc1ccc(Cl)cc1Cl)[C@H](Cc1ccccc1)C(=O)NC1CCCC1)c1ccc(F)c(F)c1. The topological polar surface area (TPSA) is 86.8 Å². The van der Waals surface area contributed by atoms with Crippen LogP contribution in [0.15, 0.2) is 66.7 Å². The van der Waals surface area contributed by atoms with Gasteiger partial charge in [-0.3, -0.25) is 13.9 Å². The number of nitrogens with zero attached hydrogens (tertiary/aromatic N) is 2. The Bertz CT molecular complexity index is 1540. The first-order valence-corrected chi connectivity index (χ1v) is 16.0. The molecule has 1 N–H and O–H groups in total. The zero-order valence-corrected chi connectivity index (χ0v) is 25.2. The number of hydrogen-bond donors (Lipinski definition) is 1. The molecular weight excluding hydrogens is 607 g/mol. The lowest BCUT2D eigenvalue weighted by Crippen LogP contribution is -2.54. The molecule has 0 aromatic heterocycles. The minimum Gasteiger partial charge on any atom is -0.352 e. The molecule has 3 aromatic carbocycles. The maximum atomic E-state index is 14.1. The summed E-state index contributed by atoms with van der Waals surface area (Å²) in [5.41, 5.74) is 1.04. The third-order valence-electron chi connectivity index (χ3n) is 7.20. The first-order valence-electron chi connectivity index (χ1n) is 13.4. The van der Waals surface area contributed by atoms with Gasteiger partial charge < -0.3 is 10.2 Å². The monoisotopic (exact) mass is 637 g/mol. The molecule has 0 heterocycles. The molecule has 4 rings (SSSR count). The van der Waals surface area contributed by atoms with Crippen LogP contribution in [0.2, 0.25) is 10.0 Å². The number of anilines is 1. The molecule has 0 saturated heterocycles. The first-order chi connectivity index (χ1) is 19.9. The van der Waals surface area contributed by atoms with Gasteiger partial charge in [-0.25, -0.2) is 17.2 Å². The zero-order chi connectivity index (χ0) is 30.4. The summed E-state index contributed by atoms with van der Waals surface area (Å²) in [7, 11) is -4.13. The smallest absolute Gasteiger partial charge is 0.244 e. The van der Waals surface area contributed by atoms with Crippen LogP contribution in [0.5, 0.6) is 0 Å². The van der Waals surface area contributed by atoms with Crippen LogP contribution in [0, 0.1) is 11.6 Å². The maximum Gasteiger partial charge on any atom is 0.244 e. The minimum absolute atomic E-state index is 0.0402. The second-order valence-corrected chi connectivity index (χ2v) is 13.1. The van der Waals surface area contributed by atoms with E-state index in [1.165, 1.54) is 11.0 Å². The fourth-order valence-corrected chi connectivity index (χ4v) is 6.32. The van der Waals surface area contributed by atoms with Crippen molar-refractivity contribution < 1.29 is 26.8 Å². The molecule has 12 heteroatoms. The van der Waals surface area contributed by atoms with Gasteiger partial charge in [0, 0.05) is 35.1 Å². The molecule has 0 aliphatic heterocycles. The molecule has 224 valence electrons. The average Bonchev–Trinajstić information content (AvgIpc) is 3.45. The Kier molecular flexibility index (Phi) is 10.5. The summed E-state index contributed by atoms with van der Waals surface area (Å²) in [6.45, 7) is -0.906. The van der Waals surface area contributed by atoms with Crippen LogP contribution in [0.3, 0.4) is 0 Å². The normalized spacial score (nSPS) is 14.4. The average molecular weight is 639 g/mol. The van der Waals surface area contributed by atoms with Gasteiger partial charge in [0.05, 0.1) is 11.9 Å². The molecule has 0 radical (unpaired) electrons. The van der Waals surface area contributed by atoms with Gasteiger partial charge in [0.1, 0.15) is 12.6 Å². The molecule has 1 aliphatic carbocycles. The molecule has 0 spiro atoms. The van der Waals surface area contributed by atoms with Crippen molar-refractivity contribution >= 4 is 50.7 Å². The van der Waals surface area contributed by atoms with E-state index in [9.17, 15) is 26.8 Å². The fraction of sp³-hybridized carbons (Fsp3) is 0.333. The van der Waals surface area contributed by atoms with Crippen molar-refractivity contribution in [2.45, 2.75) is 50.7 Å². The van der Waals surface area contributed by atoms with Gasteiger partial charge in [-0.15, -0.1) is 0 Å². The highest BCUT2D eigenvalue weighted by molar-refractivity contribution is 7.92. The van der Waals surface area contributed by atoms with E-state index in [-0.39, 0.29) is 35.6 Å². The molecular formula is C30H31Cl2F2N3O4S. The predicted molar refractivity (Wildman–Crippen MR) is 160 cm³/mol. The number of benzene rings is 3. The van der Waals surface area contributed by atoms with Gasteiger partial charge in [0.25, 0.3) is 0 Å². The highest BCUT2D eigenvalue weighted by Crippen LogP contribution is 2.26. The van der Waals surface area contributed by atoms with E-state index in [0.717, 1.165) is 49.6 Å². The second kappa shape index (κ2) is 13.8. The van der Waals surface area contributed by atoms with Crippen molar-refractivity contribution in [2.24, 2.45) is 0 Å². The number of carbonyl (C=O) groups is 2. The molecule has 0 unspecified atom stereocenters. The van der Waals surface area contributed by atoms with Gasteiger partial charge >= 0.3 is 0 Å². The summed E-state index contributed by atoms with van der Waals surface area (Å²) in [4.78, 5) is 29.2. The molecule has 0 bridgehead atoms. The number of rotatable bonds is 11. The first kappa shape index (κ1) is 31.7. The van der Waals surface area contributed by atoms with Gasteiger partial charge in [-0.1, -0.05) is 72.4 Å². The van der Waals surface area contributed by atoms with Gasteiger partial charge in [-0.2, -0.15) is 0 Å². The Morgan fingerprint density at radius 2 is 1.67 bits per heavy atom. The maximum absolute atomic E-state index is 14.1. The molecule has 1 fully saturated rings. The van der Waals surface area contributed by atoms with Crippen molar-refractivity contribution in [1.82, 2.24) is 10.2 Å². The van der Waals surface area contributed by atoms with Crippen molar-refractivity contribution in [3.63, 3.8) is 0 Å². The Balaban J connectivity index is 1.75. The van der Waals surface area contributed by atoms with Crippen LogP contribution in [0.1, 0.15) is 36.8 Å². The third-order valence-corrected chi connectivity index (χ3v) is 8.93. The molecule has 7 nitrogen and oxygen atoms in total. The lowest BCUT2D eigenvalue weighted by molar-refractivity contribution is -0.140. The molecule has 1 atom stereocenters. The van der Waals surface area contributed by atoms with E-state index in [1.807, 2.05) is 30.3 Å². The van der Waals surface area contributed by atoms with E-state index in [0.29, 0.717) is 21.0 Å². The van der Waals surface area contributed by atoms with Crippen molar-refractivity contribution in [3.05, 3.63) is 99.5 Å². The highest BCUT2D eigenvalue weighted by atomic mass is 35.5. The summed E-state index contributed by atoms with van der Waals surface area (Å²) >= 11 is 12.5. The summed E-state index contributed by atoms with van der Waals surface area (Å²) in [5, 5.41) is 3.70. The molecule has 1 aliphatic rings. The molecule has 42 heavy (non-hydrogen) atoms. The van der Waals surface area contributed by atoms with Gasteiger partial charge in [0.15, 0.2) is 11.6 Å². The summed E-state index contributed by atoms with van der Waals surface area (Å²) in [5.74, 6) is -3.55. The van der Waals surface area contributed by atoms with E-state index in [1.54, 1.807) is 12.1 Å². The number of hydrogen-bond acceptors (Lipinski definition) is 4. The quantitative estimate of drug-likeness (QED) is 0.291. The number of amides is 2. The Labute approximate surface area is 254 Å². The molecule has 2 amide bonds. The standard InChI is InChI=1S/C30H31Cl2F2N3O4S/c1-42(40,41)37(24-13-14-26(33)27(34)17-24)19-29(38)36(18-21-11-12-22(31)16-25(21)32)28(15-20-7-3-2-4-8-20)30(39)35-23-9-5-6-10-23/h2-4,7-8,11-14,16-17,23,28H,5-6,9-10,15,18-19H2,1H3,(H,35,39)/t28-/m1/s1. The van der Waals surface area contributed by atoms with Crippen LogP contribution < -0.4 is 9.62 Å². The second-order valence-electron chi connectivity index (χ2n) is 10.3.